The zero-order chi connectivity index (χ0) is 37.4. The predicted molar refractivity (Wildman–Crippen MR) is 191 cm³/mol. The Morgan fingerprint density at radius 1 is 0.759 bits per heavy atom. The van der Waals surface area contributed by atoms with Crippen molar-refractivity contribution in [2.45, 2.75) is 50.2 Å². The summed E-state index contributed by atoms with van der Waals surface area (Å²) in [4.78, 5) is 74.0. The molecule has 2 aromatic carbocycles. The van der Waals surface area contributed by atoms with E-state index in [1.54, 1.807) is 48.6 Å². The number of benzene rings is 2. The number of carbonyl (C=O) groups is 4. The van der Waals surface area contributed by atoms with E-state index in [0.717, 1.165) is 20.9 Å². The number of amides is 4. The lowest BCUT2D eigenvalue weighted by atomic mass is 9.85. The van der Waals surface area contributed by atoms with E-state index < -0.39 is 50.3 Å². The molecule has 2 atom stereocenters. The quantitative estimate of drug-likeness (QED) is 0.318. The Balaban J connectivity index is 1.32. The van der Waals surface area contributed by atoms with E-state index in [-0.39, 0.29) is 44.8 Å². The average molecular weight is 726 g/mol. The van der Waals surface area contributed by atoms with Gasteiger partial charge in [0.15, 0.2) is 28.3 Å². The molecule has 3 aromatic rings. The molecule has 0 saturated carbocycles. The smallest absolute Gasteiger partial charge is 0.397 e. The van der Waals surface area contributed by atoms with Crippen molar-refractivity contribution in [2.75, 3.05) is 13.1 Å². The van der Waals surface area contributed by atoms with Crippen LogP contribution in [0.25, 0.3) is 0 Å². The second kappa shape index (κ2) is 12.1. The fourth-order valence-corrected chi connectivity index (χ4v) is 9.27. The third-order valence-corrected chi connectivity index (χ3v) is 11.6. The summed E-state index contributed by atoms with van der Waals surface area (Å²) < 4.78 is 0.787. The lowest BCUT2D eigenvalue weighted by molar-refractivity contribution is -0.269. The van der Waals surface area contributed by atoms with Crippen molar-refractivity contribution < 1.29 is 29.4 Å². The number of aromatic nitrogens is 3. The van der Waals surface area contributed by atoms with Crippen molar-refractivity contribution >= 4 is 29.9 Å². The molecule has 54 heavy (non-hydrogen) atoms. The monoisotopic (exact) mass is 725 g/mol. The minimum Gasteiger partial charge on any atom is -0.530 e. The minimum atomic E-state index is -1.66. The molecule has 6 aliphatic rings. The molecule has 14 heteroatoms. The summed E-state index contributed by atoms with van der Waals surface area (Å²) >= 11 is 0. The van der Waals surface area contributed by atoms with Crippen LogP contribution < -0.4 is 25.0 Å². The van der Waals surface area contributed by atoms with Crippen molar-refractivity contribution in [2.24, 2.45) is 0 Å². The van der Waals surface area contributed by atoms with Crippen molar-refractivity contribution in [1.29, 1.82) is 0 Å². The van der Waals surface area contributed by atoms with Gasteiger partial charge >= 0.3 is 23.5 Å². The van der Waals surface area contributed by atoms with Crippen molar-refractivity contribution in [3.05, 3.63) is 154 Å². The lowest BCUT2D eigenvalue weighted by Gasteiger charge is -2.43. The predicted octanol–water partition coefficient (Wildman–Crippen LogP) is 1.82. The summed E-state index contributed by atoms with van der Waals surface area (Å²) in [5.41, 5.74) is 0.635. The van der Waals surface area contributed by atoms with Gasteiger partial charge < -0.3 is 29.6 Å². The largest absolute Gasteiger partial charge is 0.530 e. The molecule has 1 aromatic heterocycles. The number of hydrogen-bond acceptors (Lipinski definition) is 8. The number of fused-ring (bicyclic) bond motifs is 4. The highest BCUT2D eigenvalue weighted by molar-refractivity contribution is 6.05. The van der Waals surface area contributed by atoms with E-state index in [2.05, 4.69) is 0 Å². The SMILES string of the molecule is O=C([O-])N1CCC[C@H]1C(=O)[N+]1(n2c([N+]3(C(=O)[C@@]4(Cc5ccccc5)CCCN4C(=O)[O-])C4=CC=C3C=C4)nn(Cc3ccccc3)c2=O)C2=CC=C1C=C2. The van der Waals surface area contributed by atoms with Gasteiger partial charge in [-0.3, -0.25) is 0 Å². The molecule has 0 radical (unpaired) electrons. The maximum atomic E-state index is 16.1. The Labute approximate surface area is 309 Å². The lowest BCUT2D eigenvalue weighted by Crippen LogP contribution is -2.70. The van der Waals surface area contributed by atoms with Crippen molar-refractivity contribution in [3.63, 3.8) is 0 Å². The highest BCUT2D eigenvalue weighted by Crippen LogP contribution is 2.50. The first-order valence-corrected chi connectivity index (χ1v) is 18.0. The van der Waals surface area contributed by atoms with E-state index in [0.29, 0.717) is 35.6 Å². The Hall–Kier alpha value is -6.38. The number of likely N-dealkylation sites (tertiary alicyclic amines) is 2. The van der Waals surface area contributed by atoms with Crippen LogP contribution in [0.2, 0.25) is 0 Å². The van der Waals surface area contributed by atoms with Crippen LogP contribution in [0.15, 0.2) is 137 Å². The molecule has 14 nitrogen and oxygen atoms in total. The second-order valence-electron chi connectivity index (χ2n) is 14.4. The molecule has 0 N–H and O–H groups in total. The van der Waals surface area contributed by atoms with Gasteiger partial charge in [-0.2, -0.15) is 4.68 Å². The van der Waals surface area contributed by atoms with Gasteiger partial charge in [0.25, 0.3) is 0 Å². The molecular weight excluding hydrogens is 690 g/mol. The molecular formula is C40H35N7O7. The van der Waals surface area contributed by atoms with E-state index in [9.17, 15) is 19.8 Å². The number of hydrogen-bond donors (Lipinski definition) is 0. The third kappa shape index (κ3) is 4.40. The van der Waals surface area contributed by atoms with E-state index >= 15 is 14.4 Å². The fraction of sp³-hybridized carbons (Fsp3) is 0.250. The first-order valence-electron chi connectivity index (χ1n) is 18.0. The van der Waals surface area contributed by atoms with Crippen molar-refractivity contribution in [3.8, 4) is 0 Å². The summed E-state index contributed by atoms with van der Waals surface area (Å²) in [6.45, 7) is 0.126. The Kier molecular flexibility index (Phi) is 7.48. The van der Waals surface area contributed by atoms with Gasteiger partial charge in [0.05, 0.1) is 6.54 Å². The standard InChI is InChI=1S/C40H35N7O7/c48-34(33-13-7-23-42(33)38(51)52)47(31-18-19-32(47)21-20-31)45-36(41-44(37(45)50)26-28-11-5-2-6-12-28)46(29-14-15-30(46)17-16-29)35(49)40(22-8-24-43(40)39(53)54)25-27-9-3-1-4-10-27/h1-6,9-12,14-21,33H,7-8,13,22-26H2/t33-,40-/m0/s1. The minimum absolute atomic E-state index is 0.0198. The van der Waals surface area contributed by atoms with Crippen LogP contribution in [0.3, 0.4) is 0 Å². The van der Waals surface area contributed by atoms with Crippen LogP contribution in [-0.2, 0) is 22.6 Å². The normalized spacial score (nSPS) is 23.8. The molecule has 4 amide bonds. The average Bonchev–Trinajstić information content (AvgIpc) is 4.06. The van der Waals surface area contributed by atoms with E-state index in [1.165, 1.54) is 9.36 Å². The summed E-state index contributed by atoms with van der Waals surface area (Å²) in [7, 11) is 0. The topological polar surface area (TPSA) is 161 Å². The number of nitrogens with zero attached hydrogens (tertiary/aromatic N) is 7. The fourth-order valence-electron chi connectivity index (χ4n) is 9.27. The van der Waals surface area contributed by atoms with Gasteiger partial charge in [0.1, 0.15) is 18.2 Å². The molecule has 7 heterocycles. The number of carbonyl (C=O) groups excluding carboxylic acids is 4. The molecule has 2 saturated heterocycles. The molecule has 272 valence electrons. The first kappa shape index (κ1) is 33.5. The maximum Gasteiger partial charge on any atom is 0.397 e. The van der Waals surface area contributed by atoms with Gasteiger partial charge in [0, 0.05) is 68.1 Å². The van der Waals surface area contributed by atoms with Crippen LogP contribution in [0, 0.1) is 0 Å². The van der Waals surface area contributed by atoms with Gasteiger partial charge in [-0.1, -0.05) is 70.4 Å². The van der Waals surface area contributed by atoms with Gasteiger partial charge in [-0.25, -0.2) is 14.4 Å². The Morgan fingerprint density at radius 3 is 1.93 bits per heavy atom. The summed E-state index contributed by atoms with van der Waals surface area (Å²) in [6, 6.07) is 17.1. The number of carboxylic acid groups (broad SMARTS) is 2. The van der Waals surface area contributed by atoms with Crippen molar-refractivity contribution in [1.82, 2.24) is 33.3 Å². The Morgan fingerprint density at radius 2 is 1.35 bits per heavy atom. The van der Waals surface area contributed by atoms with Crippen LogP contribution in [0.1, 0.15) is 36.8 Å². The summed E-state index contributed by atoms with van der Waals surface area (Å²) in [6.07, 6.45) is 11.9. The molecule has 0 spiro atoms. The third-order valence-electron chi connectivity index (χ3n) is 11.6. The van der Waals surface area contributed by atoms with Gasteiger partial charge in [-0.05, 0) is 41.5 Å². The molecule has 6 aliphatic heterocycles. The van der Waals surface area contributed by atoms with Gasteiger partial charge in [0.2, 0.25) is 0 Å². The molecule has 9 rings (SSSR count). The van der Waals surface area contributed by atoms with Crippen LogP contribution >= 0.6 is 0 Å². The zero-order valence-electron chi connectivity index (χ0n) is 29.1. The number of quaternary nitrogens is 2. The number of rotatable bonds is 8. The summed E-state index contributed by atoms with van der Waals surface area (Å²) in [5.74, 6) is -1.33. The summed E-state index contributed by atoms with van der Waals surface area (Å²) in [5, 5.41) is 30.3. The molecule has 0 aliphatic carbocycles. The number of allylic oxidation sites excluding steroid dienone is 8. The van der Waals surface area contributed by atoms with Gasteiger partial charge in [-0.15, -0.1) is 4.48 Å². The Bertz CT molecular complexity index is 2360. The second-order valence-corrected chi connectivity index (χ2v) is 14.4. The van der Waals surface area contributed by atoms with E-state index in [1.807, 2.05) is 60.7 Å². The van der Waals surface area contributed by atoms with Crippen LogP contribution in [-0.4, -0.2) is 72.9 Å². The molecule has 4 bridgehead atoms. The molecule has 2 fully saturated rings. The highest BCUT2D eigenvalue weighted by Gasteiger charge is 2.69. The first-order chi connectivity index (χ1) is 26.1. The highest BCUT2D eigenvalue weighted by atomic mass is 16.4. The van der Waals surface area contributed by atoms with Crippen LogP contribution in [0.4, 0.5) is 15.5 Å². The maximum absolute atomic E-state index is 16.1. The zero-order valence-corrected chi connectivity index (χ0v) is 29.1. The van der Waals surface area contributed by atoms with Crippen LogP contribution in [0.5, 0.6) is 0 Å². The van der Waals surface area contributed by atoms with E-state index in [4.69, 9.17) is 5.10 Å². The molecule has 0 unspecified atom stereocenters.